The summed E-state index contributed by atoms with van der Waals surface area (Å²) >= 11 is 0. The molecule has 2 nitrogen and oxygen atoms in total. The van der Waals surface area contributed by atoms with E-state index in [-0.39, 0.29) is 5.41 Å². The van der Waals surface area contributed by atoms with Gasteiger partial charge >= 0.3 is 0 Å². The first-order chi connectivity index (χ1) is 7.45. The Morgan fingerprint density at radius 3 is 2.25 bits per heavy atom. The van der Waals surface area contributed by atoms with Gasteiger partial charge in [-0.15, -0.1) is 0 Å². The van der Waals surface area contributed by atoms with Crippen LogP contribution in [0.1, 0.15) is 39.7 Å². The minimum absolute atomic E-state index is 0.211. The van der Waals surface area contributed by atoms with Gasteiger partial charge in [0, 0.05) is 0 Å². The van der Waals surface area contributed by atoms with E-state index in [1.165, 1.54) is 5.56 Å². The molecular formula is C14H22O2. The third kappa shape index (κ3) is 3.53. The molecule has 0 radical (unpaired) electrons. The largest absolute Gasteiger partial charge is 0.491 e. The molecule has 16 heavy (non-hydrogen) atoms. The first-order valence-corrected chi connectivity index (χ1v) is 5.87. The smallest absolute Gasteiger partial charge is 0.119 e. The third-order valence-electron chi connectivity index (χ3n) is 3.01. The Labute approximate surface area is 98.3 Å². The normalized spacial score (nSPS) is 13.6. The van der Waals surface area contributed by atoms with E-state index in [4.69, 9.17) is 9.84 Å². The third-order valence-corrected chi connectivity index (χ3v) is 3.01. The molecule has 1 atom stereocenters. The molecule has 0 aromatic heterocycles. The van der Waals surface area contributed by atoms with Crippen LogP contribution in [0.15, 0.2) is 24.3 Å². The van der Waals surface area contributed by atoms with Gasteiger partial charge in [0.1, 0.15) is 12.4 Å². The SMILES string of the molecule is CCC(C)(C)c1ccc(OC[C@@H](C)O)cc1. The molecule has 0 aliphatic heterocycles. The molecule has 2 heteroatoms. The molecule has 0 aliphatic carbocycles. The van der Waals surface area contributed by atoms with Crippen LogP contribution in [0.25, 0.3) is 0 Å². The van der Waals surface area contributed by atoms with Crippen LogP contribution in [0.4, 0.5) is 0 Å². The minimum atomic E-state index is -0.424. The fourth-order valence-corrected chi connectivity index (χ4v) is 1.42. The number of rotatable bonds is 5. The predicted octanol–water partition coefficient (Wildman–Crippen LogP) is 3.13. The average Bonchev–Trinajstić information content (AvgIpc) is 2.27. The summed E-state index contributed by atoms with van der Waals surface area (Å²) in [4.78, 5) is 0. The van der Waals surface area contributed by atoms with Gasteiger partial charge in [-0.1, -0.05) is 32.9 Å². The van der Waals surface area contributed by atoms with Crippen molar-refractivity contribution in [1.82, 2.24) is 0 Å². The summed E-state index contributed by atoms with van der Waals surface area (Å²) in [7, 11) is 0. The van der Waals surface area contributed by atoms with E-state index in [1.54, 1.807) is 6.92 Å². The molecule has 0 heterocycles. The number of aliphatic hydroxyl groups excluding tert-OH is 1. The summed E-state index contributed by atoms with van der Waals surface area (Å²) in [6.45, 7) is 8.72. The summed E-state index contributed by atoms with van der Waals surface area (Å²) < 4.78 is 5.42. The molecule has 1 rings (SSSR count). The van der Waals surface area contributed by atoms with E-state index in [9.17, 15) is 0 Å². The maximum Gasteiger partial charge on any atom is 0.119 e. The molecular weight excluding hydrogens is 200 g/mol. The second kappa shape index (κ2) is 5.35. The molecule has 90 valence electrons. The predicted molar refractivity (Wildman–Crippen MR) is 66.9 cm³/mol. The quantitative estimate of drug-likeness (QED) is 0.829. The zero-order chi connectivity index (χ0) is 12.2. The lowest BCUT2D eigenvalue weighted by atomic mass is 9.82. The van der Waals surface area contributed by atoms with E-state index in [1.807, 2.05) is 12.1 Å². The molecule has 0 bridgehead atoms. The molecule has 0 spiro atoms. The Kier molecular flexibility index (Phi) is 4.36. The summed E-state index contributed by atoms with van der Waals surface area (Å²) in [6.07, 6.45) is 0.688. The van der Waals surface area contributed by atoms with Crippen molar-refractivity contribution in [2.45, 2.75) is 45.6 Å². The van der Waals surface area contributed by atoms with Gasteiger partial charge in [0.15, 0.2) is 0 Å². The Morgan fingerprint density at radius 2 is 1.81 bits per heavy atom. The van der Waals surface area contributed by atoms with Crippen molar-refractivity contribution in [2.24, 2.45) is 0 Å². The number of ether oxygens (including phenoxy) is 1. The van der Waals surface area contributed by atoms with Crippen molar-refractivity contribution in [2.75, 3.05) is 6.61 Å². The topological polar surface area (TPSA) is 29.5 Å². The molecule has 0 aliphatic rings. The number of hydrogen-bond donors (Lipinski definition) is 1. The first kappa shape index (κ1) is 13.0. The van der Waals surface area contributed by atoms with Gasteiger partial charge in [0.05, 0.1) is 6.10 Å². The molecule has 0 saturated carbocycles. The molecule has 1 aromatic carbocycles. The summed E-state index contributed by atoms with van der Waals surface area (Å²) in [5.41, 5.74) is 1.53. The van der Waals surface area contributed by atoms with Crippen LogP contribution in [0.2, 0.25) is 0 Å². The lowest BCUT2D eigenvalue weighted by molar-refractivity contribution is 0.122. The van der Waals surface area contributed by atoms with Crippen molar-refractivity contribution < 1.29 is 9.84 Å². The van der Waals surface area contributed by atoms with Crippen LogP contribution in [-0.4, -0.2) is 17.8 Å². The molecule has 1 N–H and O–H groups in total. The first-order valence-electron chi connectivity index (χ1n) is 5.87. The van der Waals surface area contributed by atoms with Crippen molar-refractivity contribution in [3.05, 3.63) is 29.8 Å². The molecule has 0 amide bonds. The zero-order valence-electron chi connectivity index (χ0n) is 10.7. The Hall–Kier alpha value is -1.02. The highest BCUT2D eigenvalue weighted by Crippen LogP contribution is 2.27. The van der Waals surface area contributed by atoms with Crippen molar-refractivity contribution in [3.63, 3.8) is 0 Å². The van der Waals surface area contributed by atoms with Crippen molar-refractivity contribution in [1.29, 1.82) is 0 Å². The Balaban J connectivity index is 2.68. The van der Waals surface area contributed by atoms with Gasteiger partial charge in [0.25, 0.3) is 0 Å². The monoisotopic (exact) mass is 222 g/mol. The molecule has 1 aromatic rings. The van der Waals surface area contributed by atoms with E-state index in [0.717, 1.165) is 12.2 Å². The fraction of sp³-hybridized carbons (Fsp3) is 0.571. The van der Waals surface area contributed by atoms with Crippen LogP contribution >= 0.6 is 0 Å². The van der Waals surface area contributed by atoms with E-state index >= 15 is 0 Å². The van der Waals surface area contributed by atoms with Gasteiger partial charge in [-0.25, -0.2) is 0 Å². The highest BCUT2D eigenvalue weighted by molar-refractivity contribution is 5.31. The number of hydrogen-bond acceptors (Lipinski definition) is 2. The maximum absolute atomic E-state index is 9.11. The molecule has 0 unspecified atom stereocenters. The molecule has 0 saturated heterocycles. The van der Waals surface area contributed by atoms with Crippen LogP contribution in [0, 0.1) is 0 Å². The van der Waals surface area contributed by atoms with Crippen molar-refractivity contribution in [3.8, 4) is 5.75 Å². The fourth-order valence-electron chi connectivity index (χ4n) is 1.42. The number of aliphatic hydroxyl groups is 1. The lowest BCUT2D eigenvalue weighted by Gasteiger charge is -2.23. The van der Waals surface area contributed by atoms with Gasteiger partial charge in [-0.3, -0.25) is 0 Å². The van der Waals surface area contributed by atoms with Crippen LogP contribution < -0.4 is 4.74 Å². The van der Waals surface area contributed by atoms with Gasteiger partial charge in [0.2, 0.25) is 0 Å². The van der Waals surface area contributed by atoms with E-state index in [0.29, 0.717) is 6.61 Å². The molecule has 0 fully saturated rings. The maximum atomic E-state index is 9.11. The average molecular weight is 222 g/mol. The highest BCUT2D eigenvalue weighted by atomic mass is 16.5. The summed E-state index contributed by atoms with van der Waals surface area (Å²) in [5, 5.41) is 9.11. The standard InChI is InChI=1S/C14H22O2/c1-5-14(3,4)12-6-8-13(9-7-12)16-10-11(2)15/h6-9,11,15H,5,10H2,1-4H3/t11-/m1/s1. The highest BCUT2D eigenvalue weighted by Gasteiger charge is 2.17. The van der Waals surface area contributed by atoms with Crippen LogP contribution in [0.5, 0.6) is 5.75 Å². The number of benzene rings is 1. The van der Waals surface area contributed by atoms with Crippen LogP contribution in [0.3, 0.4) is 0 Å². The van der Waals surface area contributed by atoms with Crippen LogP contribution in [-0.2, 0) is 5.41 Å². The van der Waals surface area contributed by atoms with Gasteiger partial charge < -0.3 is 9.84 Å². The Bertz CT molecular complexity index is 312. The zero-order valence-corrected chi connectivity index (χ0v) is 10.7. The summed E-state index contributed by atoms with van der Waals surface area (Å²) in [5.74, 6) is 0.816. The Morgan fingerprint density at radius 1 is 1.25 bits per heavy atom. The van der Waals surface area contributed by atoms with Gasteiger partial charge in [-0.05, 0) is 36.5 Å². The van der Waals surface area contributed by atoms with Gasteiger partial charge in [-0.2, -0.15) is 0 Å². The minimum Gasteiger partial charge on any atom is -0.491 e. The second-order valence-electron chi connectivity index (χ2n) is 4.92. The van der Waals surface area contributed by atoms with Crippen molar-refractivity contribution >= 4 is 0 Å². The lowest BCUT2D eigenvalue weighted by Crippen LogP contribution is -2.15. The van der Waals surface area contributed by atoms with E-state index < -0.39 is 6.10 Å². The summed E-state index contributed by atoms with van der Waals surface area (Å²) in [6, 6.07) is 8.13. The van der Waals surface area contributed by atoms with E-state index in [2.05, 4.69) is 32.9 Å². The second-order valence-corrected chi connectivity index (χ2v) is 4.92.